The van der Waals surface area contributed by atoms with Crippen molar-refractivity contribution in [2.75, 3.05) is 6.54 Å². The van der Waals surface area contributed by atoms with Crippen LogP contribution in [-0.2, 0) is 11.2 Å². The van der Waals surface area contributed by atoms with Gasteiger partial charge in [0, 0.05) is 6.54 Å². The lowest BCUT2D eigenvalue weighted by Crippen LogP contribution is -2.33. The minimum Gasteiger partial charge on any atom is -0.391 e. The van der Waals surface area contributed by atoms with E-state index in [0.29, 0.717) is 17.5 Å². The van der Waals surface area contributed by atoms with Crippen LogP contribution in [0.3, 0.4) is 0 Å². The number of aliphatic hydroxyl groups excluding tert-OH is 1. The van der Waals surface area contributed by atoms with Crippen LogP contribution in [-0.4, -0.2) is 28.6 Å². The zero-order valence-electron chi connectivity index (χ0n) is 13.0. The van der Waals surface area contributed by atoms with E-state index in [1.165, 1.54) is 12.1 Å². The maximum absolute atomic E-state index is 13.5. The van der Waals surface area contributed by atoms with E-state index >= 15 is 0 Å². The standard InChI is InChI=1S/C19H17FN2O2/c20-16-3-1-2-15(9-16)18-10-17(23)12-22(18)19(24)8-13-4-6-14(11-21)7-5-13/h1-7,9,17-18,23H,8,10,12H2. The first kappa shape index (κ1) is 16.2. The Kier molecular flexibility index (Phi) is 4.59. The van der Waals surface area contributed by atoms with E-state index in [1.807, 2.05) is 6.07 Å². The lowest BCUT2D eigenvalue weighted by molar-refractivity contribution is -0.131. The fourth-order valence-electron chi connectivity index (χ4n) is 3.09. The zero-order chi connectivity index (χ0) is 17.1. The molecule has 122 valence electrons. The lowest BCUT2D eigenvalue weighted by atomic mass is 10.0. The van der Waals surface area contributed by atoms with Gasteiger partial charge >= 0.3 is 0 Å². The first-order valence-electron chi connectivity index (χ1n) is 7.79. The quantitative estimate of drug-likeness (QED) is 0.944. The molecule has 1 amide bonds. The molecule has 1 aliphatic rings. The molecule has 0 bridgehead atoms. The molecule has 2 unspecified atom stereocenters. The molecule has 1 saturated heterocycles. The summed E-state index contributed by atoms with van der Waals surface area (Å²) in [5.41, 5.74) is 2.04. The fraction of sp³-hybridized carbons (Fsp3) is 0.263. The molecular weight excluding hydrogens is 307 g/mol. The van der Waals surface area contributed by atoms with Gasteiger partial charge in [-0.3, -0.25) is 4.79 Å². The van der Waals surface area contributed by atoms with Crippen LogP contribution in [0.15, 0.2) is 48.5 Å². The molecule has 24 heavy (non-hydrogen) atoms. The average molecular weight is 324 g/mol. The van der Waals surface area contributed by atoms with Gasteiger partial charge in [0.2, 0.25) is 5.91 Å². The summed E-state index contributed by atoms with van der Waals surface area (Å²) in [6, 6.07) is 14.7. The first-order chi connectivity index (χ1) is 11.6. The van der Waals surface area contributed by atoms with Crippen molar-refractivity contribution >= 4 is 5.91 Å². The maximum Gasteiger partial charge on any atom is 0.227 e. The molecule has 4 nitrogen and oxygen atoms in total. The van der Waals surface area contributed by atoms with Crippen LogP contribution in [0.2, 0.25) is 0 Å². The molecule has 1 aliphatic heterocycles. The highest BCUT2D eigenvalue weighted by molar-refractivity contribution is 5.79. The highest BCUT2D eigenvalue weighted by atomic mass is 19.1. The number of likely N-dealkylation sites (tertiary alicyclic amines) is 1. The van der Waals surface area contributed by atoms with Gasteiger partial charge < -0.3 is 10.0 Å². The Morgan fingerprint density at radius 3 is 2.71 bits per heavy atom. The van der Waals surface area contributed by atoms with Gasteiger partial charge in [-0.15, -0.1) is 0 Å². The number of aliphatic hydroxyl groups is 1. The van der Waals surface area contributed by atoms with E-state index in [9.17, 15) is 14.3 Å². The summed E-state index contributed by atoms with van der Waals surface area (Å²) in [5.74, 6) is -0.473. The summed E-state index contributed by atoms with van der Waals surface area (Å²) >= 11 is 0. The molecule has 1 N–H and O–H groups in total. The first-order valence-corrected chi connectivity index (χ1v) is 7.79. The molecule has 0 aliphatic carbocycles. The second-order valence-electron chi connectivity index (χ2n) is 5.99. The summed E-state index contributed by atoms with van der Waals surface area (Å²) in [4.78, 5) is 14.2. The van der Waals surface area contributed by atoms with E-state index < -0.39 is 6.10 Å². The SMILES string of the molecule is N#Cc1ccc(CC(=O)N2CC(O)CC2c2cccc(F)c2)cc1. The highest BCUT2D eigenvalue weighted by Crippen LogP contribution is 2.33. The van der Waals surface area contributed by atoms with E-state index in [4.69, 9.17) is 5.26 Å². The minimum absolute atomic E-state index is 0.120. The molecule has 0 saturated carbocycles. The zero-order valence-corrected chi connectivity index (χ0v) is 13.0. The minimum atomic E-state index is -0.608. The molecule has 1 heterocycles. The highest BCUT2D eigenvalue weighted by Gasteiger charge is 2.35. The van der Waals surface area contributed by atoms with Crippen molar-refractivity contribution in [2.24, 2.45) is 0 Å². The van der Waals surface area contributed by atoms with Crippen LogP contribution < -0.4 is 0 Å². The third-order valence-electron chi connectivity index (χ3n) is 4.27. The normalized spacial score (nSPS) is 20.0. The predicted octanol–water partition coefficient (Wildman–Crippen LogP) is 2.57. The molecule has 0 aromatic heterocycles. The third-order valence-corrected chi connectivity index (χ3v) is 4.27. The van der Waals surface area contributed by atoms with E-state index in [1.54, 1.807) is 41.3 Å². The second kappa shape index (κ2) is 6.81. The predicted molar refractivity (Wildman–Crippen MR) is 86.3 cm³/mol. The van der Waals surface area contributed by atoms with Gasteiger partial charge in [-0.05, 0) is 41.8 Å². The van der Waals surface area contributed by atoms with E-state index in [0.717, 1.165) is 5.56 Å². The summed E-state index contributed by atoms with van der Waals surface area (Å²) in [7, 11) is 0. The molecular formula is C19H17FN2O2. The molecule has 1 fully saturated rings. The van der Waals surface area contributed by atoms with E-state index in [-0.39, 0.29) is 30.7 Å². The van der Waals surface area contributed by atoms with Crippen molar-refractivity contribution in [3.8, 4) is 6.07 Å². The number of rotatable bonds is 3. The largest absolute Gasteiger partial charge is 0.391 e. The summed E-state index contributed by atoms with van der Waals surface area (Å²) < 4.78 is 13.5. The molecule has 2 aromatic carbocycles. The Hall–Kier alpha value is -2.71. The van der Waals surface area contributed by atoms with Crippen molar-refractivity contribution in [2.45, 2.75) is 25.0 Å². The van der Waals surface area contributed by atoms with Crippen LogP contribution in [0.1, 0.15) is 29.2 Å². The Balaban J connectivity index is 1.77. The van der Waals surface area contributed by atoms with Gasteiger partial charge in [0.05, 0.1) is 30.2 Å². The molecule has 0 radical (unpaired) electrons. The van der Waals surface area contributed by atoms with Gasteiger partial charge in [0.1, 0.15) is 5.82 Å². The number of hydrogen-bond acceptors (Lipinski definition) is 3. The number of amides is 1. The van der Waals surface area contributed by atoms with Crippen LogP contribution in [0.4, 0.5) is 4.39 Å². The topological polar surface area (TPSA) is 64.3 Å². The summed E-state index contributed by atoms with van der Waals surface area (Å²) in [6.07, 6.45) is -0.0181. The van der Waals surface area contributed by atoms with Gasteiger partial charge in [-0.1, -0.05) is 24.3 Å². The van der Waals surface area contributed by atoms with Crippen molar-refractivity contribution in [3.63, 3.8) is 0 Å². The van der Waals surface area contributed by atoms with Gasteiger partial charge in [0.25, 0.3) is 0 Å². The van der Waals surface area contributed by atoms with Crippen molar-refractivity contribution in [3.05, 3.63) is 71.0 Å². The lowest BCUT2D eigenvalue weighted by Gasteiger charge is -2.25. The fourth-order valence-corrected chi connectivity index (χ4v) is 3.09. The Morgan fingerprint density at radius 2 is 2.04 bits per heavy atom. The number of carbonyl (C=O) groups excluding carboxylic acids is 1. The number of nitriles is 1. The number of β-amino-alcohol motifs (C(OH)–C–C–N with tert-alkyl or cyclic N) is 1. The number of halogens is 1. The molecule has 3 rings (SSSR count). The molecule has 0 spiro atoms. The molecule has 2 aromatic rings. The average Bonchev–Trinajstić information content (AvgIpc) is 2.98. The van der Waals surface area contributed by atoms with Crippen LogP contribution in [0.25, 0.3) is 0 Å². The smallest absolute Gasteiger partial charge is 0.227 e. The number of benzene rings is 2. The Labute approximate surface area is 139 Å². The summed E-state index contributed by atoms with van der Waals surface area (Å²) in [6.45, 7) is 0.246. The van der Waals surface area contributed by atoms with Crippen LogP contribution >= 0.6 is 0 Å². The van der Waals surface area contributed by atoms with Gasteiger partial charge in [0.15, 0.2) is 0 Å². The number of hydrogen-bond donors (Lipinski definition) is 1. The van der Waals surface area contributed by atoms with Gasteiger partial charge in [-0.2, -0.15) is 5.26 Å². The number of nitrogens with zero attached hydrogens (tertiary/aromatic N) is 2. The maximum atomic E-state index is 13.5. The summed E-state index contributed by atoms with van der Waals surface area (Å²) in [5, 5.41) is 18.8. The molecule has 5 heteroatoms. The van der Waals surface area contributed by atoms with Gasteiger partial charge in [-0.25, -0.2) is 4.39 Å². The van der Waals surface area contributed by atoms with Crippen molar-refractivity contribution < 1.29 is 14.3 Å². The Bertz CT molecular complexity index is 783. The third kappa shape index (κ3) is 3.44. The van der Waals surface area contributed by atoms with E-state index in [2.05, 4.69) is 0 Å². The van der Waals surface area contributed by atoms with Crippen molar-refractivity contribution in [1.82, 2.24) is 4.90 Å². The number of carbonyl (C=O) groups is 1. The second-order valence-corrected chi connectivity index (χ2v) is 5.99. The monoisotopic (exact) mass is 324 g/mol. The van der Waals surface area contributed by atoms with Crippen LogP contribution in [0, 0.1) is 17.1 Å². The molecule has 2 atom stereocenters. The van der Waals surface area contributed by atoms with Crippen LogP contribution in [0.5, 0.6) is 0 Å². The Morgan fingerprint density at radius 1 is 1.29 bits per heavy atom. The van der Waals surface area contributed by atoms with Crippen molar-refractivity contribution in [1.29, 1.82) is 5.26 Å².